The maximum absolute atomic E-state index is 12.5. The van der Waals surface area contributed by atoms with Gasteiger partial charge in [-0.15, -0.1) is 11.6 Å². The second-order valence-corrected chi connectivity index (χ2v) is 5.72. The quantitative estimate of drug-likeness (QED) is 0.633. The minimum absolute atomic E-state index is 0.176. The van der Waals surface area contributed by atoms with Gasteiger partial charge in [0.1, 0.15) is 5.75 Å². The first-order chi connectivity index (χ1) is 9.43. The van der Waals surface area contributed by atoms with Crippen molar-refractivity contribution in [3.05, 3.63) is 29.3 Å². The second-order valence-electron chi connectivity index (χ2n) is 5.34. The normalized spacial score (nSPS) is 17.1. The maximum Gasteiger partial charge on any atom is 0.260 e. The number of hydrogen-bond donors (Lipinski definition) is 0. The topological polar surface area (TPSA) is 46.6 Å². The molecule has 0 saturated heterocycles. The summed E-state index contributed by atoms with van der Waals surface area (Å²) in [7, 11) is 1.55. The highest BCUT2D eigenvalue weighted by Gasteiger charge is 2.44. The van der Waals surface area contributed by atoms with Crippen molar-refractivity contribution in [3.8, 4) is 5.75 Å². The van der Waals surface area contributed by atoms with Crippen molar-refractivity contribution in [1.82, 2.24) is 4.90 Å². The Morgan fingerprint density at radius 1 is 1.30 bits per heavy atom. The molecule has 1 aliphatic rings. The smallest absolute Gasteiger partial charge is 0.260 e. The molecule has 0 radical (unpaired) electrons. The van der Waals surface area contributed by atoms with Gasteiger partial charge in [0.2, 0.25) is 5.91 Å². The first kappa shape index (κ1) is 14.9. The van der Waals surface area contributed by atoms with Crippen LogP contribution in [0.1, 0.15) is 36.2 Å². The van der Waals surface area contributed by atoms with Crippen LogP contribution in [0.4, 0.5) is 0 Å². The van der Waals surface area contributed by atoms with Crippen LogP contribution in [0.3, 0.4) is 0 Å². The molecule has 1 heterocycles. The zero-order valence-electron chi connectivity index (χ0n) is 11.9. The molecule has 0 aliphatic carbocycles. The van der Waals surface area contributed by atoms with E-state index in [0.717, 1.165) is 5.56 Å². The van der Waals surface area contributed by atoms with Crippen LogP contribution < -0.4 is 4.74 Å². The van der Waals surface area contributed by atoms with Crippen LogP contribution in [0.15, 0.2) is 18.2 Å². The Kier molecular flexibility index (Phi) is 4.04. The molecule has 1 aliphatic heterocycles. The van der Waals surface area contributed by atoms with Crippen molar-refractivity contribution in [3.63, 3.8) is 0 Å². The Morgan fingerprint density at radius 2 is 2.00 bits per heavy atom. The maximum atomic E-state index is 12.5. The van der Waals surface area contributed by atoms with Crippen LogP contribution >= 0.6 is 11.6 Å². The number of halogens is 1. The number of hydrogen-bond acceptors (Lipinski definition) is 3. The predicted octanol–water partition coefficient (Wildman–Crippen LogP) is 2.58. The summed E-state index contributed by atoms with van der Waals surface area (Å²) in [5, 5.41) is 0. The van der Waals surface area contributed by atoms with Crippen LogP contribution in [-0.2, 0) is 10.2 Å². The number of alkyl halides is 1. The molecule has 2 rings (SSSR count). The highest BCUT2D eigenvalue weighted by atomic mass is 35.5. The second kappa shape index (κ2) is 5.44. The van der Waals surface area contributed by atoms with Crippen molar-refractivity contribution < 1.29 is 14.3 Å². The first-order valence-electron chi connectivity index (χ1n) is 6.54. The fraction of sp³-hybridized carbons (Fsp3) is 0.467. The molecule has 1 aromatic carbocycles. The lowest BCUT2D eigenvalue weighted by Gasteiger charge is -2.37. The molecule has 0 N–H and O–H groups in total. The van der Waals surface area contributed by atoms with E-state index in [0.29, 0.717) is 30.2 Å². The Hall–Kier alpha value is -1.55. The molecule has 1 aromatic rings. The van der Waals surface area contributed by atoms with Gasteiger partial charge in [-0.2, -0.15) is 0 Å². The fourth-order valence-electron chi connectivity index (χ4n) is 2.48. The van der Waals surface area contributed by atoms with Crippen LogP contribution in [0.25, 0.3) is 0 Å². The lowest BCUT2D eigenvalue weighted by Crippen LogP contribution is -2.52. The molecule has 0 unspecified atom stereocenters. The summed E-state index contributed by atoms with van der Waals surface area (Å²) < 4.78 is 5.16. The number of imide groups is 1. The summed E-state index contributed by atoms with van der Waals surface area (Å²) in [4.78, 5) is 26.3. The Morgan fingerprint density at radius 3 is 2.60 bits per heavy atom. The number of nitrogens with zero attached hydrogens (tertiary/aromatic N) is 1. The third-order valence-corrected chi connectivity index (χ3v) is 3.94. The van der Waals surface area contributed by atoms with E-state index in [1.807, 2.05) is 13.8 Å². The zero-order chi connectivity index (χ0) is 14.9. The molecule has 0 fully saturated rings. The molecule has 0 bridgehead atoms. The summed E-state index contributed by atoms with van der Waals surface area (Å²) in [5.74, 6) is 0.584. The van der Waals surface area contributed by atoms with Crippen molar-refractivity contribution >= 4 is 23.4 Å². The predicted molar refractivity (Wildman–Crippen MR) is 77.4 cm³/mol. The van der Waals surface area contributed by atoms with Gasteiger partial charge >= 0.3 is 0 Å². The van der Waals surface area contributed by atoms with Crippen LogP contribution in [0.5, 0.6) is 5.75 Å². The Labute approximate surface area is 123 Å². The molecule has 0 atom stereocenters. The summed E-state index contributed by atoms with van der Waals surface area (Å²) in [6.07, 6.45) is 0.592. The van der Waals surface area contributed by atoms with E-state index in [1.165, 1.54) is 4.90 Å². The molecule has 108 valence electrons. The average Bonchev–Trinajstić information content (AvgIpc) is 2.45. The number of carbonyl (C=O) groups is 2. The van der Waals surface area contributed by atoms with E-state index in [9.17, 15) is 9.59 Å². The fourth-order valence-corrected chi connectivity index (χ4v) is 2.60. The number of ether oxygens (including phenoxy) is 1. The minimum Gasteiger partial charge on any atom is -0.497 e. The molecular weight excluding hydrogens is 278 g/mol. The van der Waals surface area contributed by atoms with Gasteiger partial charge in [-0.3, -0.25) is 14.5 Å². The van der Waals surface area contributed by atoms with Gasteiger partial charge < -0.3 is 4.74 Å². The van der Waals surface area contributed by atoms with E-state index < -0.39 is 5.41 Å². The van der Waals surface area contributed by atoms with Gasteiger partial charge in [0.05, 0.1) is 12.5 Å². The van der Waals surface area contributed by atoms with Crippen LogP contribution in [0.2, 0.25) is 0 Å². The number of methoxy groups -OCH3 is 1. The molecule has 2 amide bonds. The minimum atomic E-state index is -0.720. The van der Waals surface area contributed by atoms with Gasteiger partial charge in [-0.05, 0) is 38.0 Å². The van der Waals surface area contributed by atoms with Crippen molar-refractivity contribution in [1.29, 1.82) is 0 Å². The van der Waals surface area contributed by atoms with Gasteiger partial charge in [-0.1, -0.05) is 6.07 Å². The standard InChI is InChI=1S/C15H18ClNO3/c1-15(2)12-6-5-10(20-3)9-11(12)13(18)17(14(15)19)8-4-7-16/h5-6,9H,4,7-8H2,1-3H3. The van der Waals surface area contributed by atoms with Crippen LogP contribution in [-0.4, -0.2) is 36.2 Å². The SMILES string of the molecule is COc1ccc2c(c1)C(=O)N(CCCCl)C(=O)C2(C)C. The molecular formula is C15H18ClNO3. The van der Waals surface area contributed by atoms with Crippen molar-refractivity contribution in [2.45, 2.75) is 25.7 Å². The van der Waals surface area contributed by atoms with E-state index in [-0.39, 0.29) is 11.8 Å². The van der Waals surface area contributed by atoms with Crippen LogP contribution in [0, 0.1) is 0 Å². The van der Waals surface area contributed by atoms with Gasteiger partial charge in [0.15, 0.2) is 0 Å². The van der Waals surface area contributed by atoms with Gasteiger partial charge in [0.25, 0.3) is 5.91 Å². The largest absolute Gasteiger partial charge is 0.497 e. The zero-order valence-corrected chi connectivity index (χ0v) is 12.7. The third kappa shape index (κ3) is 2.29. The first-order valence-corrected chi connectivity index (χ1v) is 7.07. The van der Waals surface area contributed by atoms with Crippen molar-refractivity contribution in [2.24, 2.45) is 0 Å². The molecule has 5 heteroatoms. The lowest BCUT2D eigenvalue weighted by molar-refractivity contribution is -0.134. The van der Waals surface area contributed by atoms with Gasteiger partial charge in [0, 0.05) is 18.0 Å². The monoisotopic (exact) mass is 295 g/mol. The van der Waals surface area contributed by atoms with E-state index in [4.69, 9.17) is 16.3 Å². The highest BCUT2D eigenvalue weighted by Crippen LogP contribution is 2.36. The number of benzene rings is 1. The summed E-state index contributed by atoms with van der Waals surface area (Å²) in [6.45, 7) is 4.02. The summed E-state index contributed by atoms with van der Waals surface area (Å²) in [6, 6.07) is 5.26. The highest BCUT2D eigenvalue weighted by molar-refractivity contribution is 6.18. The molecule has 4 nitrogen and oxygen atoms in total. The van der Waals surface area contributed by atoms with E-state index >= 15 is 0 Å². The summed E-state index contributed by atoms with van der Waals surface area (Å²) in [5.41, 5.74) is 0.556. The van der Waals surface area contributed by atoms with Crippen molar-refractivity contribution in [2.75, 3.05) is 19.5 Å². The average molecular weight is 296 g/mol. The molecule has 20 heavy (non-hydrogen) atoms. The number of carbonyl (C=O) groups excluding carboxylic acids is 2. The van der Waals surface area contributed by atoms with Gasteiger partial charge in [-0.25, -0.2) is 0 Å². The number of rotatable bonds is 4. The Bertz CT molecular complexity index is 554. The lowest BCUT2D eigenvalue weighted by atomic mass is 9.77. The number of amides is 2. The Balaban J connectivity index is 2.51. The summed E-state index contributed by atoms with van der Waals surface area (Å²) >= 11 is 5.67. The number of fused-ring (bicyclic) bond motifs is 1. The third-order valence-electron chi connectivity index (χ3n) is 3.67. The molecule has 0 aromatic heterocycles. The van der Waals surface area contributed by atoms with E-state index in [2.05, 4.69) is 0 Å². The molecule has 0 saturated carbocycles. The van der Waals surface area contributed by atoms with E-state index in [1.54, 1.807) is 25.3 Å². The molecule has 0 spiro atoms.